The first-order valence-electron chi connectivity index (χ1n) is 10.4. The van der Waals surface area contributed by atoms with Crippen LogP contribution in [0, 0.1) is 13.8 Å². The standard InChI is InChI=1S/C23H29N7/c1-17-6-4-9-21(18(17)2)29-10-12-30(13-11-29)23(24-3)25-15-19-7-5-8-20(14-19)22-26-16-27-28-22/h4-9,14,16H,10-13,15H2,1-3H3,(H,24,25)(H,26,27,28). The van der Waals surface area contributed by atoms with E-state index in [4.69, 9.17) is 0 Å². The maximum Gasteiger partial charge on any atom is 0.194 e. The molecule has 0 spiro atoms. The van der Waals surface area contributed by atoms with Gasteiger partial charge in [-0.15, -0.1) is 0 Å². The Bertz CT molecular complexity index is 1000. The predicted molar refractivity (Wildman–Crippen MR) is 122 cm³/mol. The topological polar surface area (TPSA) is 72.4 Å². The summed E-state index contributed by atoms with van der Waals surface area (Å²) in [5.74, 6) is 1.73. The van der Waals surface area contributed by atoms with Gasteiger partial charge in [0.25, 0.3) is 0 Å². The fraction of sp³-hybridized carbons (Fsp3) is 0.348. The summed E-state index contributed by atoms with van der Waals surface area (Å²) in [4.78, 5) is 13.6. The molecule has 0 radical (unpaired) electrons. The Kier molecular flexibility index (Phi) is 5.97. The Balaban J connectivity index is 1.36. The maximum atomic E-state index is 4.51. The van der Waals surface area contributed by atoms with E-state index in [1.807, 2.05) is 19.2 Å². The Morgan fingerprint density at radius 2 is 1.90 bits per heavy atom. The van der Waals surface area contributed by atoms with E-state index in [0.29, 0.717) is 6.54 Å². The highest BCUT2D eigenvalue weighted by atomic mass is 15.3. The van der Waals surface area contributed by atoms with E-state index < -0.39 is 0 Å². The third kappa shape index (κ3) is 4.30. The molecule has 3 aromatic rings. The van der Waals surface area contributed by atoms with Gasteiger partial charge in [-0.25, -0.2) is 4.98 Å². The summed E-state index contributed by atoms with van der Waals surface area (Å²) in [6.45, 7) is 8.99. The Morgan fingerprint density at radius 1 is 1.10 bits per heavy atom. The van der Waals surface area contributed by atoms with E-state index in [2.05, 4.69) is 79.5 Å². The van der Waals surface area contributed by atoms with Crippen LogP contribution in [0.15, 0.2) is 53.8 Å². The molecule has 7 nitrogen and oxygen atoms in total. The van der Waals surface area contributed by atoms with Crippen molar-refractivity contribution in [1.29, 1.82) is 0 Å². The van der Waals surface area contributed by atoms with Crippen LogP contribution < -0.4 is 10.2 Å². The van der Waals surface area contributed by atoms with Crippen molar-refractivity contribution in [1.82, 2.24) is 25.4 Å². The number of piperazine rings is 1. The first-order valence-corrected chi connectivity index (χ1v) is 10.4. The molecular weight excluding hydrogens is 374 g/mol. The summed E-state index contributed by atoms with van der Waals surface area (Å²) in [7, 11) is 1.85. The molecule has 2 aromatic carbocycles. The zero-order valence-corrected chi connectivity index (χ0v) is 17.9. The lowest BCUT2D eigenvalue weighted by atomic mass is 10.1. The minimum absolute atomic E-state index is 0.714. The lowest BCUT2D eigenvalue weighted by Crippen LogP contribution is -2.52. The van der Waals surface area contributed by atoms with Crippen molar-refractivity contribution >= 4 is 11.6 Å². The van der Waals surface area contributed by atoms with E-state index in [0.717, 1.165) is 43.5 Å². The molecule has 1 saturated heterocycles. The van der Waals surface area contributed by atoms with Gasteiger partial charge in [0, 0.05) is 51.0 Å². The average molecular weight is 404 g/mol. The van der Waals surface area contributed by atoms with Crippen LogP contribution in [0.25, 0.3) is 11.4 Å². The van der Waals surface area contributed by atoms with Crippen molar-refractivity contribution < 1.29 is 0 Å². The number of benzene rings is 2. The normalized spacial score (nSPS) is 14.8. The number of hydrogen-bond donors (Lipinski definition) is 2. The second-order valence-corrected chi connectivity index (χ2v) is 7.63. The number of rotatable bonds is 4. The van der Waals surface area contributed by atoms with E-state index >= 15 is 0 Å². The fourth-order valence-electron chi connectivity index (χ4n) is 3.92. The molecule has 30 heavy (non-hydrogen) atoms. The average Bonchev–Trinajstić information content (AvgIpc) is 3.32. The highest BCUT2D eigenvalue weighted by molar-refractivity contribution is 5.80. The summed E-state index contributed by atoms with van der Waals surface area (Å²) in [5.41, 5.74) is 6.28. The number of anilines is 1. The van der Waals surface area contributed by atoms with E-state index in [9.17, 15) is 0 Å². The van der Waals surface area contributed by atoms with Gasteiger partial charge in [-0.05, 0) is 42.7 Å². The molecule has 0 bridgehead atoms. The van der Waals surface area contributed by atoms with E-state index in [1.54, 1.807) is 0 Å². The molecule has 2 heterocycles. The summed E-state index contributed by atoms with van der Waals surface area (Å²) in [6, 6.07) is 14.9. The smallest absolute Gasteiger partial charge is 0.194 e. The van der Waals surface area contributed by atoms with Gasteiger partial charge in [-0.3, -0.25) is 10.1 Å². The molecule has 7 heteroatoms. The second-order valence-electron chi connectivity index (χ2n) is 7.63. The van der Waals surface area contributed by atoms with Crippen molar-refractivity contribution in [2.24, 2.45) is 4.99 Å². The summed E-state index contributed by atoms with van der Waals surface area (Å²) in [5, 5.41) is 10.4. The molecule has 2 N–H and O–H groups in total. The van der Waals surface area contributed by atoms with Crippen LogP contribution in [-0.2, 0) is 6.54 Å². The SMILES string of the molecule is CN=C(NCc1cccc(-c2ncn[nH]2)c1)N1CCN(c2cccc(C)c2C)CC1. The molecule has 0 saturated carbocycles. The lowest BCUT2D eigenvalue weighted by molar-refractivity contribution is 0.372. The van der Waals surface area contributed by atoms with Crippen molar-refractivity contribution in [2.75, 3.05) is 38.1 Å². The minimum Gasteiger partial charge on any atom is -0.368 e. The molecule has 0 unspecified atom stereocenters. The largest absolute Gasteiger partial charge is 0.368 e. The molecule has 4 rings (SSSR count). The minimum atomic E-state index is 0.714. The first kappa shape index (κ1) is 19.9. The van der Waals surface area contributed by atoms with Gasteiger partial charge in [-0.1, -0.05) is 30.3 Å². The third-order valence-corrected chi connectivity index (χ3v) is 5.77. The highest BCUT2D eigenvalue weighted by Gasteiger charge is 2.21. The van der Waals surface area contributed by atoms with Crippen LogP contribution in [0.4, 0.5) is 5.69 Å². The molecule has 1 aliphatic heterocycles. The fourth-order valence-corrected chi connectivity index (χ4v) is 3.92. The highest BCUT2D eigenvalue weighted by Crippen LogP contribution is 2.24. The third-order valence-electron chi connectivity index (χ3n) is 5.77. The van der Waals surface area contributed by atoms with Crippen molar-refractivity contribution in [3.05, 3.63) is 65.5 Å². The first-order chi connectivity index (χ1) is 14.7. The monoisotopic (exact) mass is 403 g/mol. The number of H-pyrrole nitrogens is 1. The van der Waals surface area contributed by atoms with E-state index in [-0.39, 0.29) is 0 Å². The van der Waals surface area contributed by atoms with Crippen molar-refractivity contribution in [2.45, 2.75) is 20.4 Å². The van der Waals surface area contributed by atoms with Crippen LogP contribution in [0.2, 0.25) is 0 Å². The molecule has 0 aliphatic carbocycles. The maximum absolute atomic E-state index is 4.51. The number of hydrogen-bond acceptors (Lipinski definition) is 4. The molecule has 1 fully saturated rings. The van der Waals surface area contributed by atoms with Gasteiger partial charge in [0.2, 0.25) is 0 Å². The van der Waals surface area contributed by atoms with Gasteiger partial charge in [0.15, 0.2) is 11.8 Å². The molecule has 156 valence electrons. The zero-order chi connectivity index (χ0) is 20.9. The van der Waals surface area contributed by atoms with Crippen LogP contribution in [-0.4, -0.2) is 59.3 Å². The number of nitrogens with zero attached hydrogens (tertiary/aromatic N) is 5. The van der Waals surface area contributed by atoms with Gasteiger partial charge >= 0.3 is 0 Å². The number of aromatic amines is 1. The predicted octanol–water partition coefficient (Wildman–Crippen LogP) is 2.99. The van der Waals surface area contributed by atoms with Gasteiger partial charge in [-0.2, -0.15) is 5.10 Å². The van der Waals surface area contributed by atoms with Gasteiger partial charge in [0.05, 0.1) is 0 Å². The quantitative estimate of drug-likeness (QED) is 0.518. The number of guanidine groups is 1. The van der Waals surface area contributed by atoms with Crippen molar-refractivity contribution in [3.63, 3.8) is 0 Å². The summed E-state index contributed by atoms with van der Waals surface area (Å²) >= 11 is 0. The van der Waals surface area contributed by atoms with Crippen LogP contribution in [0.1, 0.15) is 16.7 Å². The number of nitrogens with one attached hydrogen (secondary N) is 2. The zero-order valence-electron chi connectivity index (χ0n) is 17.9. The van der Waals surface area contributed by atoms with Crippen LogP contribution >= 0.6 is 0 Å². The summed E-state index contributed by atoms with van der Waals surface area (Å²) < 4.78 is 0. The van der Waals surface area contributed by atoms with Crippen LogP contribution in [0.3, 0.4) is 0 Å². The van der Waals surface area contributed by atoms with Gasteiger partial charge in [0.1, 0.15) is 6.33 Å². The second kappa shape index (κ2) is 8.98. The van der Waals surface area contributed by atoms with Crippen LogP contribution in [0.5, 0.6) is 0 Å². The molecular formula is C23H29N7. The molecule has 1 aliphatic rings. The molecule has 1 aromatic heterocycles. The Hall–Kier alpha value is -3.35. The molecule has 0 atom stereocenters. The lowest BCUT2D eigenvalue weighted by Gasteiger charge is -2.38. The summed E-state index contributed by atoms with van der Waals surface area (Å²) in [6.07, 6.45) is 1.53. The number of aryl methyl sites for hydroxylation is 1. The van der Waals surface area contributed by atoms with Gasteiger partial charge < -0.3 is 15.1 Å². The Morgan fingerprint density at radius 3 is 2.63 bits per heavy atom. The van der Waals surface area contributed by atoms with E-state index in [1.165, 1.54) is 28.7 Å². The molecule has 0 amide bonds. The number of aliphatic imine (C=N–C) groups is 1. The van der Waals surface area contributed by atoms with Crippen molar-refractivity contribution in [3.8, 4) is 11.4 Å². The number of aromatic nitrogens is 3. The Labute approximate surface area is 177 Å².